The van der Waals surface area contributed by atoms with Crippen LogP contribution in [0.15, 0.2) is 30.3 Å². The lowest BCUT2D eigenvalue weighted by molar-refractivity contribution is -0.151. The maximum Gasteiger partial charge on any atom is 0.310 e. The predicted molar refractivity (Wildman–Crippen MR) is 76.0 cm³/mol. The van der Waals surface area contributed by atoms with Crippen molar-refractivity contribution < 1.29 is 9.53 Å². The highest BCUT2D eigenvalue weighted by atomic mass is 16.5. The quantitative estimate of drug-likeness (QED) is 0.780. The molecule has 3 heteroatoms. The van der Waals surface area contributed by atoms with E-state index in [2.05, 4.69) is 24.1 Å². The molecule has 0 amide bonds. The number of hydrogen-bond acceptors (Lipinski definition) is 3. The summed E-state index contributed by atoms with van der Waals surface area (Å²) in [6, 6.07) is 10.3. The van der Waals surface area contributed by atoms with Crippen LogP contribution in [0.3, 0.4) is 0 Å². The molecule has 0 N–H and O–H groups in total. The number of nitrogens with zero attached hydrogens (tertiary/aromatic N) is 1. The summed E-state index contributed by atoms with van der Waals surface area (Å²) >= 11 is 0. The topological polar surface area (TPSA) is 29.5 Å². The number of carbonyl (C=O) groups is 1. The Bertz CT molecular complexity index is 404. The zero-order chi connectivity index (χ0) is 13.7. The Kier molecular flexibility index (Phi) is 4.97. The van der Waals surface area contributed by atoms with E-state index in [0.717, 1.165) is 25.9 Å². The molecule has 0 aromatic heterocycles. The highest BCUT2D eigenvalue weighted by Gasteiger charge is 2.35. The molecule has 2 rings (SSSR count). The van der Waals surface area contributed by atoms with Gasteiger partial charge in [0, 0.05) is 6.54 Å². The van der Waals surface area contributed by atoms with E-state index in [0.29, 0.717) is 12.5 Å². The first-order valence-corrected chi connectivity index (χ1v) is 7.12. The average molecular weight is 261 g/mol. The van der Waals surface area contributed by atoms with Crippen LogP contribution in [0.4, 0.5) is 0 Å². The smallest absolute Gasteiger partial charge is 0.310 e. The van der Waals surface area contributed by atoms with Crippen LogP contribution in [0.5, 0.6) is 0 Å². The molecule has 0 saturated carbocycles. The summed E-state index contributed by atoms with van der Waals surface area (Å²) in [5, 5.41) is 0. The fourth-order valence-corrected chi connectivity index (χ4v) is 2.76. The van der Waals surface area contributed by atoms with Gasteiger partial charge in [0.15, 0.2) is 0 Å². The molecule has 19 heavy (non-hydrogen) atoms. The van der Waals surface area contributed by atoms with Gasteiger partial charge >= 0.3 is 5.97 Å². The lowest BCUT2D eigenvalue weighted by atomic mass is 9.80. The molecule has 0 bridgehead atoms. The van der Waals surface area contributed by atoms with Crippen molar-refractivity contribution in [2.75, 3.05) is 26.7 Å². The standard InChI is InChI=1S/C16H23NO2/c1-3-11-19-16(18)15-12-17(2)10-9-14(15)13-7-5-4-6-8-13/h4-8,14-15H,3,9-12H2,1-2H3. The number of likely N-dealkylation sites (tertiary alicyclic amines) is 1. The van der Waals surface area contributed by atoms with Gasteiger partial charge in [-0.05, 0) is 37.9 Å². The molecular weight excluding hydrogens is 238 g/mol. The van der Waals surface area contributed by atoms with E-state index in [1.54, 1.807) is 0 Å². The lowest BCUT2D eigenvalue weighted by Crippen LogP contribution is -2.41. The molecule has 2 atom stereocenters. The minimum Gasteiger partial charge on any atom is -0.465 e. The van der Waals surface area contributed by atoms with Crippen LogP contribution < -0.4 is 0 Å². The summed E-state index contributed by atoms with van der Waals surface area (Å²) in [6.45, 7) is 4.38. The predicted octanol–water partition coefficient (Wildman–Crippen LogP) is 2.68. The minimum atomic E-state index is -0.0396. The molecule has 0 aliphatic carbocycles. The molecule has 3 nitrogen and oxygen atoms in total. The molecule has 1 aromatic carbocycles. The second-order valence-electron chi connectivity index (χ2n) is 5.34. The highest BCUT2D eigenvalue weighted by molar-refractivity contribution is 5.74. The van der Waals surface area contributed by atoms with Crippen LogP contribution >= 0.6 is 0 Å². The molecule has 104 valence electrons. The van der Waals surface area contributed by atoms with Gasteiger partial charge in [0.05, 0.1) is 12.5 Å². The molecule has 1 aliphatic heterocycles. The van der Waals surface area contributed by atoms with E-state index in [1.165, 1.54) is 5.56 Å². The largest absolute Gasteiger partial charge is 0.465 e. The summed E-state index contributed by atoms with van der Waals surface area (Å²) in [5.74, 6) is 0.219. The number of piperidine rings is 1. The zero-order valence-electron chi connectivity index (χ0n) is 11.8. The fraction of sp³-hybridized carbons (Fsp3) is 0.562. The SMILES string of the molecule is CCCOC(=O)C1CN(C)CCC1c1ccccc1. The van der Waals surface area contributed by atoms with Crippen LogP contribution in [0.1, 0.15) is 31.2 Å². The van der Waals surface area contributed by atoms with Crippen LogP contribution in [0.2, 0.25) is 0 Å². The van der Waals surface area contributed by atoms with E-state index in [-0.39, 0.29) is 11.9 Å². The van der Waals surface area contributed by atoms with Crippen LogP contribution in [0.25, 0.3) is 0 Å². The monoisotopic (exact) mass is 261 g/mol. The number of benzene rings is 1. The van der Waals surface area contributed by atoms with Gasteiger partial charge in [0.25, 0.3) is 0 Å². The third kappa shape index (κ3) is 3.57. The molecule has 1 heterocycles. The molecular formula is C16H23NO2. The van der Waals surface area contributed by atoms with Gasteiger partial charge in [-0.2, -0.15) is 0 Å². The first-order chi connectivity index (χ1) is 9.22. The zero-order valence-corrected chi connectivity index (χ0v) is 11.8. The Morgan fingerprint density at radius 3 is 2.79 bits per heavy atom. The van der Waals surface area contributed by atoms with E-state index in [9.17, 15) is 4.79 Å². The molecule has 0 radical (unpaired) electrons. The van der Waals surface area contributed by atoms with Gasteiger partial charge in [-0.3, -0.25) is 4.79 Å². The van der Waals surface area contributed by atoms with Gasteiger partial charge in [-0.15, -0.1) is 0 Å². The maximum absolute atomic E-state index is 12.2. The summed E-state index contributed by atoms with van der Waals surface area (Å²) < 4.78 is 5.37. The highest BCUT2D eigenvalue weighted by Crippen LogP contribution is 2.33. The van der Waals surface area contributed by atoms with Gasteiger partial charge in [0.1, 0.15) is 0 Å². The first-order valence-electron chi connectivity index (χ1n) is 7.12. The second kappa shape index (κ2) is 6.71. The Balaban J connectivity index is 2.13. The summed E-state index contributed by atoms with van der Waals surface area (Å²) in [7, 11) is 2.07. The summed E-state index contributed by atoms with van der Waals surface area (Å²) in [6.07, 6.45) is 1.90. The number of carbonyl (C=O) groups excluding carboxylic acids is 1. The Hall–Kier alpha value is -1.35. The van der Waals surface area contributed by atoms with Crippen molar-refractivity contribution in [3.63, 3.8) is 0 Å². The number of esters is 1. The van der Waals surface area contributed by atoms with Crippen molar-refractivity contribution in [3.05, 3.63) is 35.9 Å². The van der Waals surface area contributed by atoms with Crippen LogP contribution in [-0.4, -0.2) is 37.6 Å². The Morgan fingerprint density at radius 1 is 1.37 bits per heavy atom. The molecule has 1 saturated heterocycles. The number of rotatable bonds is 4. The lowest BCUT2D eigenvalue weighted by Gasteiger charge is -2.35. The average Bonchev–Trinajstić information content (AvgIpc) is 2.45. The van der Waals surface area contributed by atoms with Crippen molar-refractivity contribution in [1.29, 1.82) is 0 Å². The van der Waals surface area contributed by atoms with E-state index >= 15 is 0 Å². The molecule has 0 spiro atoms. The van der Waals surface area contributed by atoms with Gasteiger partial charge in [-0.1, -0.05) is 37.3 Å². The molecule has 1 aromatic rings. The maximum atomic E-state index is 12.2. The number of ether oxygens (including phenoxy) is 1. The van der Waals surface area contributed by atoms with Crippen molar-refractivity contribution in [2.45, 2.75) is 25.7 Å². The van der Waals surface area contributed by atoms with E-state index in [4.69, 9.17) is 4.74 Å². The third-order valence-electron chi connectivity index (χ3n) is 3.79. The van der Waals surface area contributed by atoms with Crippen molar-refractivity contribution >= 4 is 5.97 Å². The van der Waals surface area contributed by atoms with Crippen LogP contribution in [-0.2, 0) is 9.53 Å². The van der Waals surface area contributed by atoms with Gasteiger partial charge in [0.2, 0.25) is 0 Å². The number of hydrogen-bond donors (Lipinski definition) is 0. The molecule has 1 fully saturated rings. The van der Waals surface area contributed by atoms with Gasteiger partial charge < -0.3 is 9.64 Å². The van der Waals surface area contributed by atoms with Crippen molar-refractivity contribution in [3.8, 4) is 0 Å². The Labute approximate surface area is 115 Å². The molecule has 2 unspecified atom stereocenters. The van der Waals surface area contributed by atoms with Crippen LogP contribution in [0, 0.1) is 5.92 Å². The van der Waals surface area contributed by atoms with E-state index < -0.39 is 0 Å². The second-order valence-corrected chi connectivity index (χ2v) is 5.34. The van der Waals surface area contributed by atoms with E-state index in [1.807, 2.05) is 25.1 Å². The third-order valence-corrected chi connectivity index (χ3v) is 3.79. The Morgan fingerprint density at radius 2 is 2.11 bits per heavy atom. The summed E-state index contributed by atoms with van der Waals surface area (Å²) in [4.78, 5) is 14.5. The summed E-state index contributed by atoms with van der Waals surface area (Å²) in [5.41, 5.74) is 1.26. The van der Waals surface area contributed by atoms with Crippen molar-refractivity contribution in [2.24, 2.45) is 5.92 Å². The molecule has 1 aliphatic rings. The minimum absolute atomic E-state index is 0.0345. The first kappa shape index (κ1) is 14.1. The van der Waals surface area contributed by atoms with Crippen molar-refractivity contribution in [1.82, 2.24) is 4.90 Å². The van der Waals surface area contributed by atoms with Gasteiger partial charge in [-0.25, -0.2) is 0 Å². The normalized spacial score (nSPS) is 24.1. The fourth-order valence-electron chi connectivity index (χ4n) is 2.76.